The van der Waals surface area contributed by atoms with Gasteiger partial charge in [0.2, 0.25) is 0 Å². The smallest absolute Gasteiger partial charge is 0.0620 e. The molecule has 14 heavy (non-hydrogen) atoms. The van der Waals surface area contributed by atoms with E-state index in [1.807, 2.05) is 13.8 Å². The Kier molecular flexibility index (Phi) is 2.61. The third-order valence-electron chi connectivity index (χ3n) is 4.11. The fraction of sp³-hybridized carbons (Fsp3) is 1.00. The Morgan fingerprint density at radius 1 is 0.929 bits per heavy atom. The van der Waals surface area contributed by atoms with Gasteiger partial charge in [-0.15, -0.1) is 0 Å². The van der Waals surface area contributed by atoms with Gasteiger partial charge in [-0.1, -0.05) is 0 Å². The Balaban J connectivity index is 2.02. The summed E-state index contributed by atoms with van der Waals surface area (Å²) >= 11 is 0. The summed E-state index contributed by atoms with van der Waals surface area (Å²) < 4.78 is 0. The second-order valence-electron chi connectivity index (χ2n) is 5.91. The van der Waals surface area contributed by atoms with Gasteiger partial charge in [0.15, 0.2) is 0 Å². The van der Waals surface area contributed by atoms with Crippen molar-refractivity contribution in [3.8, 4) is 0 Å². The molecule has 0 spiro atoms. The molecule has 0 radical (unpaired) electrons. The molecular formula is C12H22O2. The highest BCUT2D eigenvalue weighted by Crippen LogP contribution is 2.45. The Labute approximate surface area is 86.3 Å². The quantitative estimate of drug-likeness (QED) is 0.676. The summed E-state index contributed by atoms with van der Waals surface area (Å²) in [6.07, 6.45) is 5.35. The molecule has 2 N–H and O–H groups in total. The average Bonchev–Trinajstić information content (AvgIpc) is 1.99. The predicted molar refractivity (Wildman–Crippen MR) is 55.9 cm³/mol. The molecule has 2 saturated carbocycles. The molecule has 2 aliphatic carbocycles. The van der Waals surface area contributed by atoms with Crippen LogP contribution in [0, 0.1) is 17.8 Å². The Bertz CT molecular complexity index is 189. The van der Waals surface area contributed by atoms with Crippen molar-refractivity contribution in [3.63, 3.8) is 0 Å². The van der Waals surface area contributed by atoms with E-state index < -0.39 is 5.60 Å². The highest BCUT2D eigenvalue weighted by molar-refractivity contribution is 4.91. The van der Waals surface area contributed by atoms with Crippen molar-refractivity contribution in [3.05, 3.63) is 0 Å². The largest absolute Gasteiger partial charge is 0.393 e. The average molecular weight is 198 g/mol. The lowest BCUT2D eigenvalue weighted by Crippen LogP contribution is -2.41. The molecule has 0 aromatic rings. The Hall–Kier alpha value is -0.0800. The number of hydrogen-bond acceptors (Lipinski definition) is 2. The molecule has 0 aromatic carbocycles. The molecule has 2 unspecified atom stereocenters. The van der Waals surface area contributed by atoms with Crippen LogP contribution in [0.5, 0.6) is 0 Å². The zero-order valence-corrected chi connectivity index (χ0v) is 9.24. The van der Waals surface area contributed by atoms with E-state index in [2.05, 4.69) is 0 Å². The topological polar surface area (TPSA) is 40.5 Å². The molecule has 2 aliphatic rings. The molecule has 2 fully saturated rings. The SMILES string of the molecule is CC(C)(O)C1C[C@H]2CC(O)C[C@@H](C1)C2. The van der Waals surface area contributed by atoms with Crippen LogP contribution in [-0.4, -0.2) is 21.9 Å². The van der Waals surface area contributed by atoms with Crippen molar-refractivity contribution in [1.29, 1.82) is 0 Å². The zero-order valence-electron chi connectivity index (χ0n) is 9.24. The summed E-state index contributed by atoms with van der Waals surface area (Å²) in [5, 5.41) is 19.6. The van der Waals surface area contributed by atoms with Crippen molar-refractivity contribution in [2.75, 3.05) is 0 Å². The minimum absolute atomic E-state index is 0.0681. The van der Waals surface area contributed by atoms with Crippen molar-refractivity contribution in [1.82, 2.24) is 0 Å². The molecule has 0 saturated heterocycles. The fourth-order valence-electron chi connectivity index (χ4n) is 3.39. The first kappa shape index (κ1) is 10.4. The van der Waals surface area contributed by atoms with Crippen LogP contribution in [0.3, 0.4) is 0 Å². The van der Waals surface area contributed by atoms with Gasteiger partial charge in [-0.05, 0) is 63.7 Å². The maximum atomic E-state index is 10.0. The number of rotatable bonds is 1. The molecule has 2 bridgehead atoms. The number of hydrogen-bond donors (Lipinski definition) is 2. The van der Waals surface area contributed by atoms with Crippen LogP contribution in [-0.2, 0) is 0 Å². The second-order valence-corrected chi connectivity index (χ2v) is 5.91. The van der Waals surface area contributed by atoms with Crippen LogP contribution in [0.25, 0.3) is 0 Å². The van der Waals surface area contributed by atoms with Gasteiger partial charge in [-0.3, -0.25) is 0 Å². The van der Waals surface area contributed by atoms with Gasteiger partial charge in [0.1, 0.15) is 0 Å². The second kappa shape index (κ2) is 3.49. The van der Waals surface area contributed by atoms with E-state index in [1.165, 1.54) is 6.42 Å². The summed E-state index contributed by atoms with van der Waals surface area (Å²) in [7, 11) is 0. The third-order valence-corrected chi connectivity index (χ3v) is 4.11. The van der Waals surface area contributed by atoms with Gasteiger partial charge in [0.25, 0.3) is 0 Å². The number of aliphatic hydroxyl groups is 2. The van der Waals surface area contributed by atoms with E-state index in [0.29, 0.717) is 17.8 Å². The molecule has 0 aromatic heterocycles. The zero-order chi connectivity index (χ0) is 10.3. The highest BCUT2D eigenvalue weighted by atomic mass is 16.3. The summed E-state index contributed by atoms with van der Waals surface area (Å²) in [6.45, 7) is 3.85. The molecule has 0 heterocycles. The van der Waals surface area contributed by atoms with Crippen molar-refractivity contribution in [2.45, 2.75) is 57.7 Å². The van der Waals surface area contributed by atoms with Gasteiger partial charge in [-0.2, -0.15) is 0 Å². The number of fused-ring (bicyclic) bond motifs is 2. The highest BCUT2D eigenvalue weighted by Gasteiger charge is 2.40. The van der Waals surface area contributed by atoms with Crippen LogP contribution in [0.4, 0.5) is 0 Å². The summed E-state index contributed by atoms with van der Waals surface area (Å²) in [6, 6.07) is 0. The van der Waals surface area contributed by atoms with Crippen LogP contribution < -0.4 is 0 Å². The standard InChI is InChI=1S/C12H22O2/c1-12(2,14)10-4-8-3-9(5-10)7-11(13)6-8/h8-11,13-14H,3-7H2,1-2H3/t8-,9+,10?,11?. The molecular weight excluding hydrogens is 176 g/mol. The monoisotopic (exact) mass is 198 g/mol. The lowest BCUT2D eigenvalue weighted by atomic mass is 9.64. The maximum Gasteiger partial charge on any atom is 0.0620 e. The van der Waals surface area contributed by atoms with Gasteiger partial charge < -0.3 is 10.2 Å². The fourth-order valence-corrected chi connectivity index (χ4v) is 3.39. The van der Waals surface area contributed by atoms with Crippen LogP contribution in [0.15, 0.2) is 0 Å². The summed E-state index contributed by atoms with van der Waals surface area (Å²) in [5.41, 5.74) is -0.529. The molecule has 4 atom stereocenters. The first-order valence-electron chi connectivity index (χ1n) is 5.85. The summed E-state index contributed by atoms with van der Waals surface area (Å²) in [4.78, 5) is 0. The molecule has 82 valence electrons. The van der Waals surface area contributed by atoms with Crippen molar-refractivity contribution >= 4 is 0 Å². The first-order valence-corrected chi connectivity index (χ1v) is 5.85. The van der Waals surface area contributed by atoms with Crippen LogP contribution in [0.1, 0.15) is 46.0 Å². The Morgan fingerprint density at radius 3 is 1.86 bits per heavy atom. The molecule has 0 aliphatic heterocycles. The predicted octanol–water partition coefficient (Wildman–Crippen LogP) is 1.94. The van der Waals surface area contributed by atoms with E-state index in [0.717, 1.165) is 25.7 Å². The van der Waals surface area contributed by atoms with Crippen LogP contribution in [0.2, 0.25) is 0 Å². The third kappa shape index (κ3) is 2.12. The minimum atomic E-state index is -0.529. The molecule has 2 heteroatoms. The lowest BCUT2D eigenvalue weighted by molar-refractivity contribution is -0.0518. The van der Waals surface area contributed by atoms with Crippen molar-refractivity contribution < 1.29 is 10.2 Å². The molecule has 2 rings (SSSR count). The molecule has 0 amide bonds. The van der Waals surface area contributed by atoms with E-state index >= 15 is 0 Å². The van der Waals surface area contributed by atoms with E-state index in [4.69, 9.17) is 0 Å². The van der Waals surface area contributed by atoms with Crippen LogP contribution >= 0.6 is 0 Å². The minimum Gasteiger partial charge on any atom is -0.393 e. The summed E-state index contributed by atoms with van der Waals surface area (Å²) in [5.74, 6) is 1.77. The first-order chi connectivity index (χ1) is 6.45. The van der Waals surface area contributed by atoms with E-state index in [9.17, 15) is 10.2 Å². The van der Waals surface area contributed by atoms with Gasteiger partial charge >= 0.3 is 0 Å². The molecule has 2 nitrogen and oxygen atoms in total. The lowest BCUT2D eigenvalue weighted by Gasteiger charge is -2.44. The van der Waals surface area contributed by atoms with Crippen molar-refractivity contribution in [2.24, 2.45) is 17.8 Å². The van der Waals surface area contributed by atoms with E-state index in [1.54, 1.807) is 0 Å². The van der Waals surface area contributed by atoms with Gasteiger partial charge in [0, 0.05) is 0 Å². The van der Waals surface area contributed by atoms with Gasteiger partial charge in [-0.25, -0.2) is 0 Å². The van der Waals surface area contributed by atoms with E-state index in [-0.39, 0.29) is 6.10 Å². The van der Waals surface area contributed by atoms with Gasteiger partial charge in [0.05, 0.1) is 11.7 Å². The maximum absolute atomic E-state index is 10.0. The normalized spacial score (nSPS) is 43.7. The Morgan fingerprint density at radius 2 is 1.43 bits per heavy atom. The number of aliphatic hydroxyl groups excluding tert-OH is 1.